The number of amides is 2. The summed E-state index contributed by atoms with van der Waals surface area (Å²) in [6.07, 6.45) is 0. The molecule has 0 aliphatic rings. The number of nitrogens with one attached hydrogen (secondary N) is 2. The van der Waals surface area contributed by atoms with Crippen LogP contribution >= 0.6 is 0 Å². The lowest BCUT2D eigenvalue weighted by molar-refractivity contribution is 0.0697. The number of carboxylic acid groups (broad SMARTS) is 1. The minimum Gasteiger partial charge on any atom is -0.494 e. The van der Waals surface area contributed by atoms with Crippen molar-refractivity contribution in [3.63, 3.8) is 0 Å². The SMILES string of the molecule is CCOc1ccc(CNC(=O)Nc2ccc(C(=O)O)cc2)cc1. The lowest BCUT2D eigenvalue weighted by atomic mass is 10.2. The fourth-order valence-electron chi connectivity index (χ4n) is 1.92. The molecule has 2 amide bonds. The number of anilines is 1. The Balaban J connectivity index is 1.83. The molecule has 0 spiro atoms. The van der Waals surface area contributed by atoms with Crippen molar-refractivity contribution in [1.29, 1.82) is 0 Å². The van der Waals surface area contributed by atoms with Crippen molar-refractivity contribution >= 4 is 17.7 Å². The Morgan fingerprint density at radius 1 is 1.04 bits per heavy atom. The summed E-state index contributed by atoms with van der Waals surface area (Å²) >= 11 is 0. The van der Waals surface area contributed by atoms with Gasteiger partial charge in [0, 0.05) is 12.2 Å². The number of ether oxygens (including phenoxy) is 1. The number of hydrogen-bond donors (Lipinski definition) is 3. The van der Waals surface area contributed by atoms with Crippen LogP contribution in [0.15, 0.2) is 48.5 Å². The van der Waals surface area contributed by atoms with Gasteiger partial charge in [-0.15, -0.1) is 0 Å². The van der Waals surface area contributed by atoms with E-state index < -0.39 is 5.97 Å². The van der Waals surface area contributed by atoms with Crippen LogP contribution in [0.2, 0.25) is 0 Å². The zero-order valence-corrected chi connectivity index (χ0v) is 12.7. The highest BCUT2D eigenvalue weighted by Crippen LogP contribution is 2.12. The number of urea groups is 1. The van der Waals surface area contributed by atoms with E-state index >= 15 is 0 Å². The van der Waals surface area contributed by atoms with Gasteiger partial charge in [0.05, 0.1) is 12.2 Å². The van der Waals surface area contributed by atoms with E-state index in [9.17, 15) is 9.59 Å². The van der Waals surface area contributed by atoms with Gasteiger partial charge < -0.3 is 20.5 Å². The normalized spacial score (nSPS) is 9.96. The summed E-state index contributed by atoms with van der Waals surface area (Å²) in [4.78, 5) is 22.6. The van der Waals surface area contributed by atoms with Gasteiger partial charge in [-0.1, -0.05) is 12.1 Å². The summed E-state index contributed by atoms with van der Waals surface area (Å²) in [5.74, 6) is -0.212. The van der Waals surface area contributed by atoms with E-state index in [2.05, 4.69) is 10.6 Å². The summed E-state index contributed by atoms with van der Waals surface area (Å²) in [5, 5.41) is 14.2. The standard InChI is InChI=1S/C17H18N2O4/c1-2-23-15-9-3-12(4-10-15)11-18-17(22)19-14-7-5-13(6-8-14)16(20)21/h3-10H,2,11H2,1H3,(H,20,21)(H2,18,19,22). The minimum absolute atomic E-state index is 0.172. The molecule has 3 N–H and O–H groups in total. The second-order valence-electron chi connectivity index (χ2n) is 4.77. The Hall–Kier alpha value is -3.02. The molecule has 6 heteroatoms. The summed E-state index contributed by atoms with van der Waals surface area (Å²) in [7, 11) is 0. The Kier molecular flexibility index (Phi) is 5.57. The van der Waals surface area contributed by atoms with Crippen LogP contribution < -0.4 is 15.4 Å². The highest BCUT2D eigenvalue weighted by molar-refractivity contribution is 5.91. The van der Waals surface area contributed by atoms with Crippen LogP contribution in [0.25, 0.3) is 0 Å². The smallest absolute Gasteiger partial charge is 0.335 e. The van der Waals surface area contributed by atoms with E-state index in [1.54, 1.807) is 12.1 Å². The van der Waals surface area contributed by atoms with E-state index in [1.807, 2.05) is 31.2 Å². The van der Waals surface area contributed by atoms with E-state index in [-0.39, 0.29) is 11.6 Å². The molecule has 0 heterocycles. The maximum Gasteiger partial charge on any atom is 0.335 e. The van der Waals surface area contributed by atoms with E-state index in [4.69, 9.17) is 9.84 Å². The quantitative estimate of drug-likeness (QED) is 0.764. The molecule has 2 aromatic carbocycles. The van der Waals surface area contributed by atoms with Crippen molar-refractivity contribution in [2.45, 2.75) is 13.5 Å². The third-order valence-corrected chi connectivity index (χ3v) is 3.08. The Morgan fingerprint density at radius 3 is 2.26 bits per heavy atom. The van der Waals surface area contributed by atoms with Crippen LogP contribution in [-0.4, -0.2) is 23.7 Å². The van der Waals surface area contributed by atoms with Gasteiger partial charge in [0.25, 0.3) is 0 Å². The fourth-order valence-corrected chi connectivity index (χ4v) is 1.92. The lowest BCUT2D eigenvalue weighted by Gasteiger charge is -2.09. The van der Waals surface area contributed by atoms with Crippen LogP contribution in [0.1, 0.15) is 22.8 Å². The van der Waals surface area contributed by atoms with E-state index in [1.165, 1.54) is 12.1 Å². The van der Waals surface area contributed by atoms with Crippen LogP contribution in [0.4, 0.5) is 10.5 Å². The van der Waals surface area contributed by atoms with Crippen LogP contribution in [0.3, 0.4) is 0 Å². The molecule has 6 nitrogen and oxygen atoms in total. The van der Waals surface area contributed by atoms with Crippen molar-refractivity contribution in [2.24, 2.45) is 0 Å². The van der Waals surface area contributed by atoms with Gasteiger partial charge in [-0.2, -0.15) is 0 Å². The van der Waals surface area contributed by atoms with Crippen LogP contribution in [0, 0.1) is 0 Å². The van der Waals surface area contributed by atoms with Gasteiger partial charge in [-0.05, 0) is 48.9 Å². The second-order valence-corrected chi connectivity index (χ2v) is 4.77. The molecule has 0 aromatic heterocycles. The molecule has 0 radical (unpaired) electrons. The Bertz CT molecular complexity index is 666. The summed E-state index contributed by atoms with van der Waals surface area (Å²) in [6.45, 7) is 2.91. The van der Waals surface area contributed by atoms with Gasteiger partial charge in [0.2, 0.25) is 0 Å². The van der Waals surface area contributed by atoms with Gasteiger partial charge in [-0.25, -0.2) is 9.59 Å². The highest BCUT2D eigenvalue weighted by atomic mass is 16.5. The number of aromatic carboxylic acids is 1. The van der Waals surface area contributed by atoms with Gasteiger partial charge >= 0.3 is 12.0 Å². The maximum absolute atomic E-state index is 11.8. The molecule has 0 aliphatic heterocycles. The zero-order valence-electron chi connectivity index (χ0n) is 12.7. The number of rotatable bonds is 6. The maximum atomic E-state index is 11.8. The average molecular weight is 314 g/mol. The van der Waals surface area contributed by atoms with Gasteiger partial charge in [0.15, 0.2) is 0 Å². The molecule has 0 saturated carbocycles. The zero-order chi connectivity index (χ0) is 16.7. The van der Waals surface area contributed by atoms with Crippen molar-refractivity contribution in [3.05, 3.63) is 59.7 Å². The van der Waals surface area contributed by atoms with E-state index in [0.29, 0.717) is 18.8 Å². The first-order valence-electron chi connectivity index (χ1n) is 7.18. The summed E-state index contributed by atoms with van der Waals surface area (Å²) < 4.78 is 5.35. The monoisotopic (exact) mass is 314 g/mol. The van der Waals surface area contributed by atoms with Gasteiger partial charge in [0.1, 0.15) is 5.75 Å². The molecular formula is C17H18N2O4. The number of hydrogen-bond acceptors (Lipinski definition) is 3. The predicted octanol–water partition coefficient (Wildman–Crippen LogP) is 3.11. The van der Waals surface area contributed by atoms with Gasteiger partial charge in [-0.3, -0.25) is 0 Å². The van der Waals surface area contributed by atoms with E-state index in [0.717, 1.165) is 11.3 Å². The highest BCUT2D eigenvalue weighted by Gasteiger charge is 2.04. The lowest BCUT2D eigenvalue weighted by Crippen LogP contribution is -2.28. The molecule has 0 aliphatic carbocycles. The van der Waals surface area contributed by atoms with Crippen molar-refractivity contribution in [2.75, 3.05) is 11.9 Å². The number of carbonyl (C=O) groups is 2. The molecule has 0 fully saturated rings. The first-order valence-corrected chi connectivity index (χ1v) is 7.18. The van der Waals surface area contributed by atoms with Crippen LogP contribution in [0.5, 0.6) is 5.75 Å². The Morgan fingerprint density at radius 2 is 1.70 bits per heavy atom. The molecule has 120 valence electrons. The summed E-state index contributed by atoms with van der Waals surface area (Å²) in [5.41, 5.74) is 1.65. The minimum atomic E-state index is -1.00. The molecule has 2 rings (SSSR count). The molecule has 0 atom stereocenters. The number of carbonyl (C=O) groups excluding carboxylic acids is 1. The molecule has 0 unspecified atom stereocenters. The van der Waals surface area contributed by atoms with Crippen molar-refractivity contribution in [3.8, 4) is 5.75 Å². The fraction of sp³-hybridized carbons (Fsp3) is 0.176. The molecule has 2 aromatic rings. The van der Waals surface area contributed by atoms with Crippen LogP contribution in [-0.2, 0) is 6.54 Å². The number of benzene rings is 2. The topological polar surface area (TPSA) is 87.7 Å². The molecule has 23 heavy (non-hydrogen) atoms. The molecular weight excluding hydrogens is 296 g/mol. The third-order valence-electron chi connectivity index (χ3n) is 3.08. The summed E-state index contributed by atoms with van der Waals surface area (Å²) in [6, 6.07) is 13.1. The number of carboxylic acids is 1. The van der Waals surface area contributed by atoms with Crippen molar-refractivity contribution in [1.82, 2.24) is 5.32 Å². The third kappa shape index (κ3) is 5.03. The predicted molar refractivity (Wildman–Crippen MR) is 86.9 cm³/mol. The second kappa shape index (κ2) is 7.84. The first kappa shape index (κ1) is 16.4. The first-order chi connectivity index (χ1) is 11.1. The largest absolute Gasteiger partial charge is 0.494 e. The molecule has 0 bridgehead atoms. The average Bonchev–Trinajstić information content (AvgIpc) is 2.55. The Labute approximate surface area is 134 Å². The van der Waals surface area contributed by atoms with Crippen molar-refractivity contribution < 1.29 is 19.4 Å². The molecule has 0 saturated heterocycles.